The van der Waals surface area contributed by atoms with E-state index in [1.165, 1.54) is 44.2 Å². The Morgan fingerprint density at radius 1 is 1.06 bits per heavy atom. The van der Waals surface area contributed by atoms with E-state index < -0.39 is 10.0 Å². The van der Waals surface area contributed by atoms with Crippen LogP contribution in [0.2, 0.25) is 0 Å². The van der Waals surface area contributed by atoms with Crippen LogP contribution in [0, 0.1) is 24.2 Å². The summed E-state index contributed by atoms with van der Waals surface area (Å²) in [6, 6.07) is 7.20. The fraction of sp³-hybridized carbons (Fsp3) is 0.714. The third-order valence-corrected chi connectivity index (χ3v) is 9.54. The Morgan fingerprint density at radius 3 is 2.33 bits per heavy atom. The van der Waals surface area contributed by atoms with Crippen molar-refractivity contribution in [2.45, 2.75) is 72.3 Å². The smallest absolute Gasteiger partial charge is 0.211 e. The minimum Gasteiger partial charge on any atom is -0.381 e. The normalized spacial score (nSPS) is 24.4. The van der Waals surface area contributed by atoms with Crippen LogP contribution < -0.4 is 4.90 Å². The highest BCUT2D eigenvalue weighted by Gasteiger charge is 2.58. The van der Waals surface area contributed by atoms with Gasteiger partial charge in [-0.3, -0.25) is 0 Å². The molecule has 0 bridgehead atoms. The van der Waals surface area contributed by atoms with E-state index in [9.17, 15) is 8.42 Å². The number of hydrogen-bond donors (Lipinski definition) is 0. The molecular weight excluding hydrogens is 472 g/mol. The molecule has 1 aromatic carbocycles. The highest BCUT2D eigenvalue weighted by molar-refractivity contribution is 7.88. The van der Waals surface area contributed by atoms with Crippen molar-refractivity contribution < 1.29 is 13.2 Å². The predicted molar refractivity (Wildman–Crippen MR) is 147 cm³/mol. The number of anilines is 1. The maximum absolute atomic E-state index is 11.0. The van der Waals surface area contributed by atoms with Crippen molar-refractivity contribution in [3.8, 4) is 0 Å². The topological polar surface area (TPSA) is 75.6 Å². The van der Waals surface area contributed by atoms with E-state index in [-0.39, 0.29) is 0 Å². The molecule has 6 rings (SSSR count). The minimum atomic E-state index is -2.92. The average Bonchev–Trinajstić information content (AvgIpc) is 3.69. The van der Waals surface area contributed by atoms with E-state index >= 15 is 0 Å². The fourth-order valence-electron chi connectivity index (χ4n) is 6.06. The molecule has 3 aliphatic heterocycles. The number of aryl methyl sites for hydroxylation is 1. The molecule has 7 nitrogen and oxygen atoms in total. The van der Waals surface area contributed by atoms with Gasteiger partial charge in [-0.25, -0.2) is 22.7 Å². The number of ether oxygens (including phenoxy) is 1. The molecule has 4 fully saturated rings. The Kier molecular flexibility index (Phi) is 8.57. The second-order valence-corrected chi connectivity index (χ2v) is 12.8. The van der Waals surface area contributed by atoms with Crippen LogP contribution in [-0.4, -0.2) is 67.8 Å². The maximum Gasteiger partial charge on any atom is 0.211 e. The van der Waals surface area contributed by atoms with Crippen LogP contribution in [0.25, 0.3) is 10.9 Å². The molecule has 1 spiro atoms. The Morgan fingerprint density at radius 2 is 1.72 bits per heavy atom. The highest BCUT2D eigenvalue weighted by Crippen LogP contribution is 2.56. The van der Waals surface area contributed by atoms with Gasteiger partial charge < -0.3 is 9.64 Å². The lowest BCUT2D eigenvalue weighted by Gasteiger charge is -2.61. The molecule has 1 aliphatic carbocycles. The number of aromatic nitrogens is 2. The second-order valence-electron chi connectivity index (χ2n) is 10.9. The van der Waals surface area contributed by atoms with Crippen molar-refractivity contribution in [3.05, 3.63) is 30.2 Å². The van der Waals surface area contributed by atoms with Crippen LogP contribution >= 0.6 is 0 Å². The first-order valence-electron chi connectivity index (χ1n) is 13.8. The van der Waals surface area contributed by atoms with Gasteiger partial charge in [0.05, 0.1) is 17.5 Å². The fourth-order valence-corrected chi connectivity index (χ4v) is 6.93. The molecule has 4 heterocycles. The number of fused-ring (bicyclic) bond motifs is 1. The second kappa shape index (κ2) is 11.3. The zero-order chi connectivity index (χ0) is 25.9. The Bertz CT molecular complexity index is 1120. The third-order valence-electron chi connectivity index (χ3n) is 8.24. The summed E-state index contributed by atoms with van der Waals surface area (Å²) in [4.78, 5) is 11.7. The number of nitrogens with zero attached hydrogens (tertiary/aromatic N) is 4. The molecule has 4 aliphatic rings. The number of hydrogen-bond acceptors (Lipinski definition) is 6. The van der Waals surface area contributed by atoms with Crippen molar-refractivity contribution >= 4 is 26.6 Å². The van der Waals surface area contributed by atoms with Crippen LogP contribution in [0.5, 0.6) is 0 Å². The van der Waals surface area contributed by atoms with Gasteiger partial charge in [0, 0.05) is 55.9 Å². The number of sulfonamides is 1. The highest BCUT2D eigenvalue weighted by atomic mass is 32.2. The van der Waals surface area contributed by atoms with Crippen LogP contribution in [0.3, 0.4) is 0 Å². The monoisotopic (exact) mass is 516 g/mol. The molecular formula is C28H44N4O3S. The molecule has 200 valence electrons. The molecule has 1 atom stereocenters. The summed E-state index contributed by atoms with van der Waals surface area (Å²) in [6.45, 7) is 12.6. The lowest BCUT2D eigenvalue weighted by Crippen LogP contribution is -2.67. The molecule has 1 saturated carbocycles. The molecule has 1 aromatic heterocycles. The summed E-state index contributed by atoms with van der Waals surface area (Å²) in [5, 5.41) is 1.15. The van der Waals surface area contributed by atoms with E-state index in [1.54, 1.807) is 4.31 Å². The summed E-state index contributed by atoms with van der Waals surface area (Å²) in [5.41, 5.74) is 2.92. The number of benzene rings is 1. The summed E-state index contributed by atoms with van der Waals surface area (Å²) in [6.07, 6.45) is 10.5. The summed E-state index contributed by atoms with van der Waals surface area (Å²) in [7, 11) is -2.92. The quantitative estimate of drug-likeness (QED) is 0.569. The van der Waals surface area contributed by atoms with Gasteiger partial charge in [0.15, 0.2) is 0 Å². The van der Waals surface area contributed by atoms with Gasteiger partial charge in [-0.05, 0) is 63.4 Å². The number of para-hydroxylation sites is 1. The van der Waals surface area contributed by atoms with E-state index in [0.717, 1.165) is 48.7 Å². The van der Waals surface area contributed by atoms with Gasteiger partial charge in [0.2, 0.25) is 10.0 Å². The zero-order valence-corrected chi connectivity index (χ0v) is 23.6. The summed E-state index contributed by atoms with van der Waals surface area (Å²) in [5.74, 6) is 2.42. The summed E-state index contributed by atoms with van der Waals surface area (Å²) < 4.78 is 29.2. The third kappa shape index (κ3) is 5.86. The minimum absolute atomic E-state index is 0.490. The van der Waals surface area contributed by atoms with E-state index in [0.29, 0.717) is 30.5 Å². The molecule has 1 unspecified atom stereocenters. The van der Waals surface area contributed by atoms with Crippen LogP contribution in [0.4, 0.5) is 5.69 Å². The predicted octanol–water partition coefficient (Wildman–Crippen LogP) is 5.04. The van der Waals surface area contributed by atoms with Crippen molar-refractivity contribution in [2.75, 3.05) is 44.0 Å². The molecule has 0 radical (unpaired) electrons. The largest absolute Gasteiger partial charge is 0.381 e. The van der Waals surface area contributed by atoms with Crippen molar-refractivity contribution in [1.82, 2.24) is 14.3 Å². The summed E-state index contributed by atoms with van der Waals surface area (Å²) >= 11 is 0. The number of piperidine rings is 1. The average molecular weight is 517 g/mol. The first-order valence-corrected chi connectivity index (χ1v) is 15.6. The number of rotatable bonds is 3. The van der Waals surface area contributed by atoms with Gasteiger partial charge >= 0.3 is 0 Å². The molecule has 2 aromatic rings. The van der Waals surface area contributed by atoms with Crippen LogP contribution in [0.1, 0.15) is 65.1 Å². The SMILES string of the molecule is CC.CC1CCN(S(C)(=O)=O)CC1.Cc1ncc2cccc(N3CC4(CCOCC4)C3C3CC3)c2n1. The lowest BCUT2D eigenvalue weighted by molar-refractivity contribution is -0.0335. The first kappa shape index (κ1) is 27.3. The molecule has 3 saturated heterocycles. The van der Waals surface area contributed by atoms with Crippen LogP contribution in [-0.2, 0) is 14.8 Å². The van der Waals surface area contributed by atoms with E-state index in [1.807, 2.05) is 27.0 Å². The van der Waals surface area contributed by atoms with Crippen LogP contribution in [0.15, 0.2) is 24.4 Å². The Hall–Kier alpha value is -1.77. The van der Waals surface area contributed by atoms with Gasteiger partial charge in [-0.15, -0.1) is 0 Å². The van der Waals surface area contributed by atoms with Gasteiger partial charge in [-0.2, -0.15) is 0 Å². The van der Waals surface area contributed by atoms with Gasteiger partial charge in [0.1, 0.15) is 5.82 Å². The van der Waals surface area contributed by atoms with Gasteiger partial charge in [-0.1, -0.05) is 32.9 Å². The van der Waals surface area contributed by atoms with E-state index in [4.69, 9.17) is 9.72 Å². The van der Waals surface area contributed by atoms with Crippen molar-refractivity contribution in [1.29, 1.82) is 0 Å². The standard InChI is InChI=1S/C19H23N3O.C7H15NO2S.C2H6/c1-13-20-11-15-3-2-4-16(17(15)21-13)22-12-19(7-9-23-10-8-19)18(22)14-5-6-14;1-7-3-5-8(6-4-7)11(2,9)10;1-2/h2-4,11,14,18H,5-10,12H2,1H3;7H,3-6H2,1-2H3;1-2H3. The lowest BCUT2D eigenvalue weighted by atomic mass is 9.64. The zero-order valence-electron chi connectivity index (χ0n) is 22.7. The maximum atomic E-state index is 11.0. The Balaban J connectivity index is 0.000000199. The Labute approximate surface area is 217 Å². The first-order chi connectivity index (χ1) is 17.3. The molecule has 0 N–H and O–H groups in total. The van der Waals surface area contributed by atoms with E-state index in [2.05, 4.69) is 35.0 Å². The van der Waals surface area contributed by atoms with Crippen molar-refractivity contribution in [3.63, 3.8) is 0 Å². The molecule has 0 amide bonds. The molecule has 8 heteroatoms. The van der Waals surface area contributed by atoms with Gasteiger partial charge in [0.25, 0.3) is 0 Å². The molecule has 36 heavy (non-hydrogen) atoms. The van der Waals surface area contributed by atoms with Crippen molar-refractivity contribution in [2.24, 2.45) is 17.3 Å².